The molecule has 0 aromatic carbocycles. The van der Waals surface area contributed by atoms with Crippen LogP contribution in [0.5, 0.6) is 0 Å². The van der Waals surface area contributed by atoms with Crippen LogP contribution in [0.2, 0.25) is 0 Å². The predicted octanol–water partition coefficient (Wildman–Crippen LogP) is 1.24. The molecule has 1 aromatic heterocycles. The molecule has 4 nitrogen and oxygen atoms in total. The van der Waals surface area contributed by atoms with Gasteiger partial charge in [0.2, 0.25) is 0 Å². The lowest BCUT2D eigenvalue weighted by Crippen LogP contribution is -1.97. The maximum atomic E-state index is 9.43. The van der Waals surface area contributed by atoms with Gasteiger partial charge in [-0.1, -0.05) is 6.92 Å². The Balaban J connectivity index is 2.63. The summed E-state index contributed by atoms with van der Waals surface area (Å²) in [4.78, 5) is 0. The molecule has 1 unspecified atom stereocenters. The largest absolute Gasteiger partial charge is 0.387 e. The lowest BCUT2D eigenvalue weighted by Gasteiger charge is -2.00. The first-order valence-electron chi connectivity index (χ1n) is 4.35. The Morgan fingerprint density at radius 2 is 2.54 bits per heavy atom. The predicted molar refractivity (Wildman–Crippen MR) is 47.7 cm³/mol. The Kier molecular flexibility index (Phi) is 3.47. The zero-order chi connectivity index (χ0) is 9.68. The molecule has 0 aliphatic rings. The Labute approximate surface area is 77.4 Å². The second-order valence-corrected chi connectivity index (χ2v) is 2.91. The van der Waals surface area contributed by atoms with E-state index in [9.17, 15) is 5.11 Å². The van der Waals surface area contributed by atoms with E-state index in [0.717, 1.165) is 18.5 Å². The van der Waals surface area contributed by atoms with Crippen LogP contribution < -0.4 is 0 Å². The summed E-state index contributed by atoms with van der Waals surface area (Å²) in [6.45, 7) is 2.91. The van der Waals surface area contributed by atoms with Crippen molar-refractivity contribution in [2.45, 2.75) is 32.4 Å². The van der Waals surface area contributed by atoms with Crippen molar-refractivity contribution in [1.82, 2.24) is 9.78 Å². The molecule has 0 saturated heterocycles. The highest BCUT2D eigenvalue weighted by Gasteiger charge is 2.08. The number of aromatic nitrogens is 2. The summed E-state index contributed by atoms with van der Waals surface area (Å²) >= 11 is 0. The molecule has 1 heterocycles. The van der Waals surface area contributed by atoms with Crippen molar-refractivity contribution in [2.24, 2.45) is 0 Å². The van der Waals surface area contributed by atoms with Crippen molar-refractivity contribution < 1.29 is 5.11 Å². The van der Waals surface area contributed by atoms with Gasteiger partial charge in [0.15, 0.2) is 0 Å². The third kappa shape index (κ3) is 2.56. The average Bonchev–Trinajstić information content (AvgIpc) is 2.54. The van der Waals surface area contributed by atoms with Gasteiger partial charge in [0.25, 0.3) is 0 Å². The molecule has 70 valence electrons. The van der Waals surface area contributed by atoms with Gasteiger partial charge < -0.3 is 5.11 Å². The molecule has 0 aliphatic carbocycles. The zero-order valence-electron chi connectivity index (χ0n) is 7.64. The fraction of sp³-hybridized carbons (Fsp3) is 0.556. The van der Waals surface area contributed by atoms with Gasteiger partial charge in [0.05, 0.1) is 24.8 Å². The molecule has 0 fully saturated rings. The second kappa shape index (κ2) is 4.63. The molecule has 1 atom stereocenters. The van der Waals surface area contributed by atoms with Crippen LogP contribution >= 0.6 is 0 Å². The number of nitrogens with zero attached hydrogens (tertiary/aromatic N) is 3. The van der Waals surface area contributed by atoms with Crippen LogP contribution in [0.4, 0.5) is 0 Å². The quantitative estimate of drug-likeness (QED) is 0.756. The molecule has 0 bridgehead atoms. The van der Waals surface area contributed by atoms with Crippen molar-refractivity contribution >= 4 is 0 Å². The fourth-order valence-corrected chi connectivity index (χ4v) is 1.11. The van der Waals surface area contributed by atoms with E-state index in [4.69, 9.17) is 5.26 Å². The van der Waals surface area contributed by atoms with E-state index in [1.54, 1.807) is 17.1 Å². The SMILES string of the molecule is CCCn1cc(C(O)CC#N)cn1. The van der Waals surface area contributed by atoms with Gasteiger partial charge in [-0.15, -0.1) is 0 Å². The van der Waals surface area contributed by atoms with E-state index in [0.29, 0.717) is 0 Å². The number of hydrogen-bond acceptors (Lipinski definition) is 3. The topological polar surface area (TPSA) is 61.8 Å². The molecular weight excluding hydrogens is 166 g/mol. The summed E-state index contributed by atoms with van der Waals surface area (Å²) in [7, 11) is 0. The standard InChI is InChI=1S/C9H13N3O/c1-2-5-12-7-8(6-11-12)9(13)3-4-10/h6-7,9,13H,2-3,5H2,1H3. The van der Waals surface area contributed by atoms with Crippen LogP contribution in [0, 0.1) is 11.3 Å². The van der Waals surface area contributed by atoms with E-state index in [1.807, 2.05) is 6.07 Å². The summed E-state index contributed by atoms with van der Waals surface area (Å²) in [5, 5.41) is 21.9. The van der Waals surface area contributed by atoms with Crippen LogP contribution in [0.1, 0.15) is 31.4 Å². The van der Waals surface area contributed by atoms with Crippen molar-refractivity contribution in [3.8, 4) is 6.07 Å². The van der Waals surface area contributed by atoms with Crippen LogP contribution in [-0.4, -0.2) is 14.9 Å². The molecule has 1 aromatic rings. The van der Waals surface area contributed by atoms with E-state index in [2.05, 4.69) is 12.0 Å². The van der Waals surface area contributed by atoms with Gasteiger partial charge in [-0.25, -0.2) is 0 Å². The third-order valence-electron chi connectivity index (χ3n) is 1.78. The molecule has 0 saturated carbocycles. The molecule has 0 aliphatic heterocycles. The third-order valence-corrected chi connectivity index (χ3v) is 1.78. The monoisotopic (exact) mass is 179 g/mol. The van der Waals surface area contributed by atoms with E-state index in [1.165, 1.54) is 0 Å². The highest BCUT2D eigenvalue weighted by Crippen LogP contribution is 2.14. The van der Waals surface area contributed by atoms with Gasteiger partial charge in [-0.05, 0) is 6.42 Å². The summed E-state index contributed by atoms with van der Waals surface area (Å²) < 4.78 is 1.77. The maximum absolute atomic E-state index is 9.43. The lowest BCUT2D eigenvalue weighted by atomic mass is 10.1. The summed E-state index contributed by atoms with van der Waals surface area (Å²) in [6.07, 6.45) is 3.83. The van der Waals surface area contributed by atoms with Gasteiger partial charge in [0, 0.05) is 18.3 Å². The van der Waals surface area contributed by atoms with Crippen molar-refractivity contribution in [2.75, 3.05) is 0 Å². The number of nitriles is 1. The minimum atomic E-state index is -0.699. The molecule has 13 heavy (non-hydrogen) atoms. The first-order chi connectivity index (χ1) is 6.27. The first kappa shape index (κ1) is 9.75. The molecule has 0 spiro atoms. The summed E-state index contributed by atoms with van der Waals surface area (Å²) in [5.74, 6) is 0. The number of aliphatic hydroxyl groups is 1. The van der Waals surface area contributed by atoms with Gasteiger partial charge in [0.1, 0.15) is 0 Å². The Hall–Kier alpha value is -1.34. The van der Waals surface area contributed by atoms with E-state index < -0.39 is 6.10 Å². The lowest BCUT2D eigenvalue weighted by molar-refractivity contribution is 0.183. The Morgan fingerprint density at radius 3 is 3.15 bits per heavy atom. The molecule has 1 rings (SSSR count). The van der Waals surface area contributed by atoms with Crippen molar-refractivity contribution in [3.05, 3.63) is 18.0 Å². The van der Waals surface area contributed by atoms with Gasteiger partial charge in [-0.3, -0.25) is 4.68 Å². The van der Waals surface area contributed by atoms with Gasteiger partial charge in [-0.2, -0.15) is 10.4 Å². The zero-order valence-corrected chi connectivity index (χ0v) is 7.64. The molecule has 0 radical (unpaired) electrons. The van der Waals surface area contributed by atoms with Gasteiger partial charge >= 0.3 is 0 Å². The van der Waals surface area contributed by atoms with Crippen LogP contribution in [-0.2, 0) is 6.54 Å². The average molecular weight is 179 g/mol. The fourth-order valence-electron chi connectivity index (χ4n) is 1.11. The van der Waals surface area contributed by atoms with Crippen LogP contribution in [0.15, 0.2) is 12.4 Å². The molecular formula is C9H13N3O. The Bertz CT molecular complexity index is 300. The second-order valence-electron chi connectivity index (χ2n) is 2.91. The Morgan fingerprint density at radius 1 is 1.77 bits per heavy atom. The first-order valence-corrected chi connectivity index (χ1v) is 4.35. The minimum absolute atomic E-state index is 0.123. The summed E-state index contributed by atoms with van der Waals surface area (Å²) in [5.41, 5.74) is 0.718. The highest BCUT2D eigenvalue weighted by atomic mass is 16.3. The highest BCUT2D eigenvalue weighted by molar-refractivity contribution is 5.09. The van der Waals surface area contributed by atoms with Crippen molar-refractivity contribution in [3.63, 3.8) is 0 Å². The normalized spacial score (nSPS) is 12.4. The maximum Gasteiger partial charge on any atom is 0.0950 e. The van der Waals surface area contributed by atoms with Crippen molar-refractivity contribution in [1.29, 1.82) is 5.26 Å². The number of aryl methyl sites for hydroxylation is 1. The molecule has 0 amide bonds. The van der Waals surface area contributed by atoms with Crippen LogP contribution in [0.3, 0.4) is 0 Å². The number of aliphatic hydroxyl groups excluding tert-OH is 1. The van der Waals surface area contributed by atoms with E-state index >= 15 is 0 Å². The number of rotatable bonds is 4. The molecule has 1 N–H and O–H groups in total. The van der Waals surface area contributed by atoms with Crippen LogP contribution in [0.25, 0.3) is 0 Å². The molecule has 4 heteroatoms. The summed E-state index contributed by atoms with van der Waals surface area (Å²) in [6, 6.07) is 1.92. The van der Waals surface area contributed by atoms with E-state index in [-0.39, 0.29) is 6.42 Å². The smallest absolute Gasteiger partial charge is 0.0950 e. The minimum Gasteiger partial charge on any atom is -0.387 e. The number of hydrogen-bond donors (Lipinski definition) is 1.